The summed E-state index contributed by atoms with van der Waals surface area (Å²) in [6.45, 7) is 1.07. The quantitative estimate of drug-likeness (QED) is 0.669. The van der Waals surface area contributed by atoms with Crippen molar-refractivity contribution in [2.24, 2.45) is 0 Å². The van der Waals surface area contributed by atoms with Crippen LogP contribution in [0.1, 0.15) is 22.5 Å². The molecule has 3 aromatic rings. The summed E-state index contributed by atoms with van der Waals surface area (Å²) < 4.78 is 13.1. The van der Waals surface area contributed by atoms with E-state index in [2.05, 4.69) is 21.7 Å². The average molecular weight is 348 g/mol. The number of nitrogens with zero attached hydrogens (tertiary/aromatic N) is 2. The highest BCUT2D eigenvalue weighted by atomic mass is 19.1. The van der Waals surface area contributed by atoms with E-state index in [-0.39, 0.29) is 5.91 Å². The van der Waals surface area contributed by atoms with Crippen LogP contribution in [0, 0.1) is 17.1 Å². The van der Waals surface area contributed by atoms with Gasteiger partial charge in [0.25, 0.3) is 5.91 Å². The first kappa shape index (κ1) is 17.4. The fourth-order valence-electron chi connectivity index (χ4n) is 2.62. The Morgan fingerprint density at radius 2 is 1.96 bits per heavy atom. The number of halogens is 1. The fourth-order valence-corrected chi connectivity index (χ4v) is 2.62. The number of anilines is 1. The maximum Gasteiger partial charge on any atom is 0.251 e. The zero-order valence-electron chi connectivity index (χ0n) is 14.0. The molecule has 5 nitrogen and oxygen atoms in total. The molecule has 1 heterocycles. The Hall–Kier alpha value is -3.46. The molecule has 0 saturated heterocycles. The topological polar surface area (TPSA) is 77.8 Å². The minimum Gasteiger partial charge on any atom is -0.384 e. The Labute approximate surface area is 150 Å². The van der Waals surface area contributed by atoms with Crippen LogP contribution >= 0.6 is 0 Å². The van der Waals surface area contributed by atoms with Crippen LogP contribution in [0.4, 0.5) is 10.1 Å². The van der Waals surface area contributed by atoms with Crippen molar-refractivity contribution in [2.45, 2.75) is 6.42 Å². The van der Waals surface area contributed by atoms with Gasteiger partial charge in [0, 0.05) is 29.7 Å². The van der Waals surface area contributed by atoms with Gasteiger partial charge >= 0.3 is 0 Å². The molecule has 0 bridgehead atoms. The second kappa shape index (κ2) is 8.08. The van der Waals surface area contributed by atoms with E-state index >= 15 is 0 Å². The molecule has 0 aliphatic carbocycles. The molecule has 130 valence electrons. The molecule has 2 N–H and O–H groups in total. The lowest BCUT2D eigenvalue weighted by Gasteiger charge is -2.10. The number of hydrogen-bond acceptors (Lipinski definition) is 4. The second-order valence-electron chi connectivity index (χ2n) is 5.73. The van der Waals surface area contributed by atoms with Crippen LogP contribution in [0.5, 0.6) is 0 Å². The number of carbonyl (C=O) groups excluding carboxylic acids is 1. The van der Waals surface area contributed by atoms with Crippen LogP contribution in [0.3, 0.4) is 0 Å². The van der Waals surface area contributed by atoms with Crippen molar-refractivity contribution in [1.29, 1.82) is 5.26 Å². The lowest BCUT2D eigenvalue weighted by Crippen LogP contribution is -2.25. The highest BCUT2D eigenvalue weighted by Gasteiger charge is 2.07. The summed E-state index contributed by atoms with van der Waals surface area (Å²) in [4.78, 5) is 16.2. The van der Waals surface area contributed by atoms with Crippen LogP contribution in [0.15, 0.2) is 54.6 Å². The van der Waals surface area contributed by atoms with Crippen molar-refractivity contribution in [2.75, 3.05) is 18.4 Å². The lowest BCUT2D eigenvalue weighted by atomic mass is 10.1. The molecule has 1 aromatic heterocycles. The number of amides is 1. The highest BCUT2D eigenvalue weighted by Crippen LogP contribution is 2.22. The predicted octanol–water partition coefficient (Wildman–Crippen LogP) is 3.48. The summed E-state index contributed by atoms with van der Waals surface area (Å²) in [5.41, 5.74) is 2.25. The van der Waals surface area contributed by atoms with Gasteiger partial charge in [-0.3, -0.25) is 4.79 Å². The Kier molecular flexibility index (Phi) is 5.40. The first-order valence-electron chi connectivity index (χ1n) is 8.25. The number of nitriles is 1. The normalized spacial score (nSPS) is 10.3. The number of nitrogens with one attached hydrogen (secondary N) is 2. The maximum atomic E-state index is 13.1. The third-order valence-electron chi connectivity index (χ3n) is 3.87. The van der Waals surface area contributed by atoms with Crippen LogP contribution in [-0.2, 0) is 0 Å². The minimum absolute atomic E-state index is 0.300. The first-order chi connectivity index (χ1) is 12.7. The van der Waals surface area contributed by atoms with Crippen molar-refractivity contribution in [3.05, 3.63) is 71.7 Å². The van der Waals surface area contributed by atoms with E-state index in [9.17, 15) is 9.18 Å². The highest BCUT2D eigenvalue weighted by molar-refractivity contribution is 5.94. The van der Waals surface area contributed by atoms with Gasteiger partial charge in [0.15, 0.2) is 0 Å². The summed E-state index contributed by atoms with van der Waals surface area (Å²) in [7, 11) is 0. The number of para-hydroxylation sites is 1. The molecular weight excluding hydrogens is 331 g/mol. The molecule has 26 heavy (non-hydrogen) atoms. The second-order valence-corrected chi connectivity index (χ2v) is 5.73. The molecule has 0 aliphatic rings. The molecule has 1 amide bonds. The van der Waals surface area contributed by atoms with Gasteiger partial charge in [0.05, 0.1) is 5.52 Å². The molecule has 3 rings (SSSR count). The smallest absolute Gasteiger partial charge is 0.251 e. The van der Waals surface area contributed by atoms with Gasteiger partial charge < -0.3 is 10.6 Å². The van der Waals surface area contributed by atoms with E-state index in [4.69, 9.17) is 5.26 Å². The van der Waals surface area contributed by atoms with E-state index in [0.717, 1.165) is 16.6 Å². The lowest BCUT2D eigenvalue weighted by molar-refractivity contribution is 0.0953. The van der Waals surface area contributed by atoms with E-state index in [1.807, 2.05) is 24.3 Å². The monoisotopic (exact) mass is 348 g/mol. The molecule has 0 aliphatic heterocycles. The maximum absolute atomic E-state index is 13.1. The van der Waals surface area contributed by atoms with Crippen LogP contribution in [0.2, 0.25) is 0 Å². The first-order valence-corrected chi connectivity index (χ1v) is 8.25. The number of pyridine rings is 1. The number of hydrogen-bond donors (Lipinski definition) is 2. The molecule has 0 radical (unpaired) electrons. The summed E-state index contributed by atoms with van der Waals surface area (Å²) >= 11 is 0. The summed E-state index contributed by atoms with van der Waals surface area (Å²) in [6.07, 6.45) is 0.680. The number of aromatic nitrogens is 1. The van der Waals surface area contributed by atoms with E-state index in [1.54, 1.807) is 12.1 Å². The van der Waals surface area contributed by atoms with Gasteiger partial charge in [-0.15, -0.1) is 0 Å². The number of rotatable bonds is 6. The van der Waals surface area contributed by atoms with Gasteiger partial charge in [-0.1, -0.05) is 24.3 Å². The zero-order chi connectivity index (χ0) is 18.4. The van der Waals surface area contributed by atoms with Crippen LogP contribution < -0.4 is 10.6 Å². The van der Waals surface area contributed by atoms with Crippen molar-refractivity contribution in [3.63, 3.8) is 0 Å². The Morgan fingerprint density at radius 1 is 1.12 bits per heavy atom. The van der Waals surface area contributed by atoms with Crippen molar-refractivity contribution in [1.82, 2.24) is 10.3 Å². The van der Waals surface area contributed by atoms with Crippen molar-refractivity contribution in [3.8, 4) is 6.07 Å². The standard InChI is InChI=1S/C20H17FN4O/c21-15-6-3-5-14(11-15)20(26)24-10-4-9-23-19-12-16(13-22)25-18-8-2-1-7-17(18)19/h1-3,5-8,11-12H,4,9-10H2,(H,23,25)(H,24,26). The molecule has 0 fully saturated rings. The summed E-state index contributed by atoms with van der Waals surface area (Å²) in [6, 6.07) is 17.0. The third kappa shape index (κ3) is 4.14. The number of carbonyl (C=O) groups is 1. The van der Waals surface area contributed by atoms with Crippen LogP contribution in [0.25, 0.3) is 10.9 Å². The Morgan fingerprint density at radius 3 is 2.77 bits per heavy atom. The summed E-state index contributed by atoms with van der Waals surface area (Å²) in [5, 5.41) is 16.1. The summed E-state index contributed by atoms with van der Waals surface area (Å²) in [5.74, 6) is -0.734. The van der Waals surface area contributed by atoms with Crippen LogP contribution in [-0.4, -0.2) is 24.0 Å². The predicted molar refractivity (Wildman–Crippen MR) is 98.3 cm³/mol. The number of benzene rings is 2. The van der Waals surface area contributed by atoms with E-state index in [1.165, 1.54) is 18.2 Å². The van der Waals surface area contributed by atoms with Gasteiger partial charge in [0.1, 0.15) is 17.6 Å². The van der Waals surface area contributed by atoms with Gasteiger partial charge in [0.2, 0.25) is 0 Å². The molecule has 0 saturated carbocycles. The SMILES string of the molecule is N#Cc1cc(NCCCNC(=O)c2cccc(F)c2)c2ccccc2n1. The molecule has 2 aromatic carbocycles. The number of fused-ring (bicyclic) bond motifs is 1. The Balaban J connectivity index is 1.55. The fraction of sp³-hybridized carbons (Fsp3) is 0.150. The molecule has 0 atom stereocenters. The largest absolute Gasteiger partial charge is 0.384 e. The van der Waals surface area contributed by atoms with E-state index < -0.39 is 5.82 Å². The molecular formula is C20H17FN4O. The zero-order valence-corrected chi connectivity index (χ0v) is 14.0. The molecule has 0 unspecified atom stereocenters. The van der Waals surface area contributed by atoms with Crippen molar-refractivity contribution >= 4 is 22.5 Å². The third-order valence-corrected chi connectivity index (χ3v) is 3.87. The molecule has 0 spiro atoms. The molecule has 6 heteroatoms. The van der Waals surface area contributed by atoms with Crippen molar-refractivity contribution < 1.29 is 9.18 Å². The van der Waals surface area contributed by atoms with E-state index in [0.29, 0.717) is 30.8 Å². The average Bonchev–Trinajstić information content (AvgIpc) is 2.67. The minimum atomic E-state index is -0.433. The van der Waals surface area contributed by atoms with Gasteiger partial charge in [-0.2, -0.15) is 5.26 Å². The van der Waals surface area contributed by atoms with Gasteiger partial charge in [-0.05, 0) is 36.8 Å². The van der Waals surface area contributed by atoms with Gasteiger partial charge in [-0.25, -0.2) is 9.37 Å². The Bertz CT molecular complexity index is 981.